The Morgan fingerprint density at radius 3 is 2.17 bits per heavy atom. The van der Waals surface area contributed by atoms with Crippen molar-refractivity contribution in [1.82, 2.24) is 4.90 Å². The van der Waals surface area contributed by atoms with Crippen molar-refractivity contribution in [2.45, 2.75) is 76.4 Å². The third-order valence-corrected chi connectivity index (χ3v) is 6.49. The highest BCUT2D eigenvalue weighted by Gasteiger charge is 2.42. The highest BCUT2D eigenvalue weighted by Crippen LogP contribution is 2.40. The monoisotopic (exact) mass is 311 g/mol. The van der Waals surface area contributed by atoms with Gasteiger partial charge in [-0.3, -0.25) is 9.69 Å². The van der Waals surface area contributed by atoms with Crippen molar-refractivity contribution in [3.05, 3.63) is 35.9 Å². The average Bonchev–Trinajstić information content (AvgIpc) is 3.09. The molecule has 2 saturated heterocycles. The third kappa shape index (κ3) is 3.24. The number of piperidine rings is 2. The molecule has 124 valence electrons. The number of carbonyl (C=O) groups excluding carboxylic acids is 1. The molecule has 2 unspecified atom stereocenters. The van der Waals surface area contributed by atoms with E-state index >= 15 is 0 Å². The van der Waals surface area contributed by atoms with E-state index in [1.807, 2.05) is 0 Å². The number of hydrogen-bond donors (Lipinski definition) is 0. The molecule has 2 heterocycles. The Morgan fingerprint density at radius 2 is 1.52 bits per heavy atom. The molecule has 1 aromatic rings. The highest BCUT2D eigenvalue weighted by atomic mass is 16.1. The largest absolute Gasteiger partial charge is 0.299 e. The second-order valence-electron chi connectivity index (χ2n) is 7.95. The summed E-state index contributed by atoms with van der Waals surface area (Å²) in [6, 6.07) is 12.1. The van der Waals surface area contributed by atoms with Crippen molar-refractivity contribution in [3.8, 4) is 0 Å². The molecular weight excluding hydrogens is 282 g/mol. The van der Waals surface area contributed by atoms with Crippen LogP contribution in [-0.2, 0) is 11.3 Å². The van der Waals surface area contributed by atoms with Crippen molar-refractivity contribution in [1.29, 1.82) is 0 Å². The first-order chi connectivity index (χ1) is 11.3. The summed E-state index contributed by atoms with van der Waals surface area (Å²) in [6.45, 7) is 1.07. The number of fused-ring (bicyclic) bond motifs is 2. The standard InChI is InChI=1S/C21H29NO/c23-21(17-9-4-5-10-17)18-13-19-11-6-12-20(14-18)22(19)15-16-7-2-1-3-8-16/h1-3,7-8,17-20H,4-6,9-15H2. The van der Waals surface area contributed by atoms with Gasteiger partial charge in [0.05, 0.1) is 0 Å². The summed E-state index contributed by atoms with van der Waals surface area (Å²) in [5.74, 6) is 1.39. The molecule has 0 N–H and O–H groups in total. The molecule has 2 bridgehead atoms. The summed E-state index contributed by atoms with van der Waals surface area (Å²) in [5, 5.41) is 0. The maximum Gasteiger partial charge on any atom is 0.139 e. The Labute approximate surface area is 140 Å². The molecule has 2 heteroatoms. The molecule has 1 saturated carbocycles. The van der Waals surface area contributed by atoms with Gasteiger partial charge in [0.15, 0.2) is 0 Å². The van der Waals surface area contributed by atoms with Crippen LogP contribution in [0.4, 0.5) is 0 Å². The predicted molar refractivity (Wildman–Crippen MR) is 93.1 cm³/mol. The van der Waals surface area contributed by atoms with E-state index in [4.69, 9.17) is 0 Å². The van der Waals surface area contributed by atoms with Crippen LogP contribution in [0.3, 0.4) is 0 Å². The van der Waals surface area contributed by atoms with Crippen LogP contribution in [0.25, 0.3) is 0 Å². The van der Waals surface area contributed by atoms with E-state index < -0.39 is 0 Å². The number of benzene rings is 1. The van der Waals surface area contributed by atoms with Crippen molar-refractivity contribution in [3.63, 3.8) is 0 Å². The molecule has 23 heavy (non-hydrogen) atoms. The van der Waals surface area contributed by atoms with Gasteiger partial charge in [0.25, 0.3) is 0 Å². The Bertz CT molecular complexity index is 520. The second-order valence-corrected chi connectivity index (χ2v) is 7.95. The molecule has 2 atom stereocenters. The Hall–Kier alpha value is -1.15. The minimum Gasteiger partial charge on any atom is -0.299 e. The van der Waals surface area contributed by atoms with Gasteiger partial charge in [0.2, 0.25) is 0 Å². The summed E-state index contributed by atoms with van der Waals surface area (Å²) in [7, 11) is 0. The maximum absolute atomic E-state index is 12.9. The van der Waals surface area contributed by atoms with E-state index in [9.17, 15) is 4.79 Å². The number of carbonyl (C=O) groups is 1. The lowest BCUT2D eigenvalue weighted by atomic mass is 9.74. The zero-order valence-corrected chi connectivity index (χ0v) is 14.1. The van der Waals surface area contributed by atoms with E-state index in [1.165, 1.54) is 50.5 Å². The molecule has 0 amide bonds. The van der Waals surface area contributed by atoms with Gasteiger partial charge < -0.3 is 0 Å². The van der Waals surface area contributed by atoms with Gasteiger partial charge in [-0.05, 0) is 44.1 Å². The van der Waals surface area contributed by atoms with Gasteiger partial charge in [0.1, 0.15) is 5.78 Å². The first-order valence-electron chi connectivity index (χ1n) is 9.64. The average molecular weight is 311 g/mol. The molecule has 1 aromatic carbocycles. The minimum atomic E-state index is 0.362. The third-order valence-electron chi connectivity index (χ3n) is 6.49. The molecular formula is C21H29NO. The molecule has 0 aromatic heterocycles. The smallest absolute Gasteiger partial charge is 0.139 e. The molecule has 0 radical (unpaired) electrons. The first kappa shape index (κ1) is 15.4. The molecule has 4 rings (SSSR count). The van der Waals surface area contributed by atoms with Gasteiger partial charge in [0, 0.05) is 30.5 Å². The van der Waals surface area contributed by atoms with Gasteiger partial charge in [-0.15, -0.1) is 0 Å². The van der Waals surface area contributed by atoms with E-state index in [-0.39, 0.29) is 0 Å². The molecule has 2 aliphatic heterocycles. The van der Waals surface area contributed by atoms with Crippen molar-refractivity contribution >= 4 is 5.78 Å². The lowest BCUT2D eigenvalue weighted by Gasteiger charge is -2.49. The number of Topliss-reactive ketones (excluding diaryl/α,β-unsaturated/α-hetero) is 1. The molecule has 0 spiro atoms. The van der Waals surface area contributed by atoms with Crippen LogP contribution in [0.15, 0.2) is 30.3 Å². The molecule has 3 fully saturated rings. The lowest BCUT2D eigenvalue weighted by Crippen LogP contribution is -2.53. The number of nitrogens with zero attached hydrogens (tertiary/aromatic N) is 1. The van der Waals surface area contributed by atoms with Crippen molar-refractivity contribution < 1.29 is 4.79 Å². The van der Waals surface area contributed by atoms with Gasteiger partial charge in [-0.25, -0.2) is 0 Å². The topological polar surface area (TPSA) is 20.3 Å². The van der Waals surface area contributed by atoms with E-state index in [0.717, 1.165) is 19.4 Å². The number of ketones is 1. The van der Waals surface area contributed by atoms with Crippen LogP contribution in [0.1, 0.15) is 63.4 Å². The van der Waals surface area contributed by atoms with Gasteiger partial charge >= 0.3 is 0 Å². The van der Waals surface area contributed by atoms with Crippen LogP contribution < -0.4 is 0 Å². The van der Waals surface area contributed by atoms with E-state index in [2.05, 4.69) is 35.2 Å². The fraction of sp³-hybridized carbons (Fsp3) is 0.667. The molecule has 2 nitrogen and oxygen atoms in total. The van der Waals surface area contributed by atoms with Gasteiger partial charge in [-0.2, -0.15) is 0 Å². The lowest BCUT2D eigenvalue weighted by molar-refractivity contribution is -0.131. The summed E-state index contributed by atoms with van der Waals surface area (Å²) < 4.78 is 0. The summed E-state index contributed by atoms with van der Waals surface area (Å²) >= 11 is 0. The first-order valence-corrected chi connectivity index (χ1v) is 9.64. The van der Waals surface area contributed by atoms with Crippen LogP contribution in [-0.4, -0.2) is 22.8 Å². The van der Waals surface area contributed by atoms with Crippen molar-refractivity contribution in [2.24, 2.45) is 11.8 Å². The SMILES string of the molecule is O=C(C1CCCC1)C1CC2CCCC(C1)N2Cc1ccccc1. The summed E-state index contributed by atoms with van der Waals surface area (Å²) in [5.41, 5.74) is 1.42. The predicted octanol–water partition coefficient (Wildman–Crippen LogP) is 4.58. The van der Waals surface area contributed by atoms with Crippen LogP contribution in [0.5, 0.6) is 0 Å². The van der Waals surface area contributed by atoms with Gasteiger partial charge in [-0.1, -0.05) is 49.6 Å². The number of hydrogen-bond acceptors (Lipinski definition) is 2. The minimum absolute atomic E-state index is 0.362. The fourth-order valence-corrected chi connectivity index (χ4v) is 5.31. The van der Waals surface area contributed by atoms with Crippen molar-refractivity contribution in [2.75, 3.05) is 0 Å². The molecule has 1 aliphatic carbocycles. The maximum atomic E-state index is 12.9. The molecule has 3 aliphatic rings. The quantitative estimate of drug-likeness (QED) is 0.811. The van der Waals surface area contributed by atoms with Crippen LogP contribution in [0.2, 0.25) is 0 Å². The fourth-order valence-electron chi connectivity index (χ4n) is 5.31. The van der Waals surface area contributed by atoms with E-state index in [0.29, 0.717) is 29.7 Å². The zero-order valence-electron chi connectivity index (χ0n) is 14.1. The Morgan fingerprint density at radius 1 is 0.870 bits per heavy atom. The second kappa shape index (κ2) is 6.76. The Balaban J connectivity index is 1.45. The summed E-state index contributed by atoms with van der Waals surface area (Å²) in [4.78, 5) is 15.6. The normalized spacial score (nSPS) is 32.1. The highest BCUT2D eigenvalue weighted by molar-refractivity contribution is 5.83. The van der Waals surface area contributed by atoms with E-state index in [1.54, 1.807) is 0 Å². The van der Waals surface area contributed by atoms with Crippen LogP contribution in [0, 0.1) is 11.8 Å². The number of rotatable bonds is 4. The Kier molecular flexibility index (Phi) is 4.52. The summed E-state index contributed by atoms with van der Waals surface area (Å²) in [6.07, 6.45) is 11.1. The van der Waals surface area contributed by atoms with Crippen LogP contribution >= 0.6 is 0 Å². The zero-order chi connectivity index (χ0) is 15.6.